The van der Waals surface area contributed by atoms with E-state index in [1.807, 2.05) is 12.1 Å². The molecule has 3 nitrogen and oxygen atoms in total. The summed E-state index contributed by atoms with van der Waals surface area (Å²) in [4.78, 5) is 2.85. The highest BCUT2D eigenvalue weighted by Crippen LogP contribution is 2.21. The van der Waals surface area contributed by atoms with Crippen LogP contribution in [-0.2, 0) is 17.5 Å². The van der Waals surface area contributed by atoms with Gasteiger partial charge in [-0.2, -0.15) is 0 Å². The maximum Gasteiger partial charge on any atom is 0.0249 e. The molecule has 3 rings (SSSR count). The van der Waals surface area contributed by atoms with E-state index in [-0.39, 0.29) is 0 Å². The molecule has 1 heterocycles. The Morgan fingerprint density at radius 3 is 2.00 bits per heavy atom. The third-order valence-electron chi connectivity index (χ3n) is 4.25. The van der Waals surface area contributed by atoms with E-state index >= 15 is 0 Å². The molecule has 2 aromatic carbocycles. The van der Waals surface area contributed by atoms with Crippen LogP contribution in [0.4, 0.5) is 0 Å². The Balaban J connectivity index is 1.64. The molecule has 0 radical (unpaired) electrons. The summed E-state index contributed by atoms with van der Waals surface area (Å²) in [5.41, 5.74) is 3.52. The Hall–Kier alpha value is -1.49. The van der Waals surface area contributed by atoms with Gasteiger partial charge in [0.15, 0.2) is 0 Å². The largest absolute Gasteiger partial charge is 0.768 e. The zero-order valence-electron chi connectivity index (χ0n) is 12.5. The fraction of sp³-hybridized carbons (Fsp3) is 0.333. The fourth-order valence-electron chi connectivity index (χ4n) is 2.92. The topological polar surface area (TPSA) is 43.4 Å². The van der Waals surface area contributed by atoms with Gasteiger partial charge >= 0.3 is 0 Å². The minimum atomic E-state index is -2.16. The monoisotopic (exact) mass is 314 g/mol. The second-order valence-electron chi connectivity index (χ2n) is 5.75. The molecule has 116 valence electrons. The van der Waals surface area contributed by atoms with Gasteiger partial charge in [-0.05, 0) is 72.3 Å². The van der Waals surface area contributed by atoms with Crippen LogP contribution in [0.25, 0.3) is 11.1 Å². The summed E-state index contributed by atoms with van der Waals surface area (Å²) < 4.78 is 21.7. The van der Waals surface area contributed by atoms with E-state index in [1.165, 1.54) is 31.5 Å². The number of benzene rings is 2. The molecule has 0 N–H and O–H groups in total. The van der Waals surface area contributed by atoms with Crippen LogP contribution in [0.5, 0.6) is 0 Å². The van der Waals surface area contributed by atoms with E-state index in [0.717, 1.165) is 24.1 Å². The van der Waals surface area contributed by atoms with E-state index in [4.69, 9.17) is 0 Å². The first-order valence-corrected chi connectivity index (χ1v) is 8.81. The highest BCUT2D eigenvalue weighted by Gasteiger charge is 2.10. The van der Waals surface area contributed by atoms with Crippen molar-refractivity contribution in [1.29, 1.82) is 0 Å². The SMILES string of the molecule is O=S([O-])c1ccc(-c2ccc(CCN3CCCC3)cc2)cc1. The predicted molar refractivity (Wildman–Crippen MR) is 88.4 cm³/mol. The lowest BCUT2D eigenvalue weighted by Gasteiger charge is -2.14. The second-order valence-corrected chi connectivity index (χ2v) is 6.70. The van der Waals surface area contributed by atoms with Crippen molar-refractivity contribution in [2.24, 2.45) is 0 Å². The van der Waals surface area contributed by atoms with Crippen LogP contribution in [0.15, 0.2) is 53.4 Å². The maximum atomic E-state index is 10.9. The van der Waals surface area contributed by atoms with Crippen molar-refractivity contribution in [1.82, 2.24) is 4.90 Å². The molecule has 2 aromatic rings. The second kappa shape index (κ2) is 7.18. The molecule has 1 aliphatic rings. The normalized spacial score (nSPS) is 16.8. The summed E-state index contributed by atoms with van der Waals surface area (Å²) in [7, 11) is 0. The summed E-state index contributed by atoms with van der Waals surface area (Å²) in [5, 5.41) is 0. The first kappa shape index (κ1) is 15.4. The summed E-state index contributed by atoms with van der Waals surface area (Å²) in [6.07, 6.45) is 3.76. The number of likely N-dealkylation sites (tertiary alicyclic amines) is 1. The van der Waals surface area contributed by atoms with E-state index in [0.29, 0.717) is 4.90 Å². The molecule has 1 aliphatic heterocycles. The molecule has 0 saturated carbocycles. The summed E-state index contributed by atoms with van der Waals surface area (Å²) in [6.45, 7) is 3.63. The molecule has 1 fully saturated rings. The number of rotatable bonds is 5. The molecule has 1 saturated heterocycles. The quantitative estimate of drug-likeness (QED) is 0.796. The molecule has 1 unspecified atom stereocenters. The predicted octanol–water partition coefficient (Wildman–Crippen LogP) is 3.23. The van der Waals surface area contributed by atoms with Crippen molar-refractivity contribution in [3.8, 4) is 11.1 Å². The minimum Gasteiger partial charge on any atom is -0.768 e. The van der Waals surface area contributed by atoms with Crippen LogP contribution in [-0.4, -0.2) is 33.3 Å². The highest BCUT2D eigenvalue weighted by molar-refractivity contribution is 7.79. The Morgan fingerprint density at radius 2 is 1.45 bits per heavy atom. The Labute approximate surface area is 134 Å². The lowest BCUT2D eigenvalue weighted by molar-refractivity contribution is 0.343. The third-order valence-corrected chi connectivity index (χ3v) is 4.91. The maximum absolute atomic E-state index is 10.9. The van der Waals surface area contributed by atoms with Gasteiger partial charge in [-0.1, -0.05) is 36.4 Å². The lowest BCUT2D eigenvalue weighted by Crippen LogP contribution is -2.21. The zero-order valence-corrected chi connectivity index (χ0v) is 13.3. The third kappa shape index (κ3) is 3.83. The molecule has 0 spiro atoms. The van der Waals surface area contributed by atoms with E-state index in [2.05, 4.69) is 29.2 Å². The van der Waals surface area contributed by atoms with Crippen molar-refractivity contribution in [2.45, 2.75) is 24.2 Å². The molecule has 0 bridgehead atoms. The van der Waals surface area contributed by atoms with Crippen LogP contribution in [0.3, 0.4) is 0 Å². The molecular weight excluding hydrogens is 294 g/mol. The number of nitrogens with zero attached hydrogens (tertiary/aromatic N) is 1. The fourth-order valence-corrected chi connectivity index (χ4v) is 3.27. The Bertz CT molecular complexity index is 631. The summed E-state index contributed by atoms with van der Waals surface area (Å²) in [6, 6.07) is 15.6. The van der Waals surface area contributed by atoms with Crippen LogP contribution in [0.1, 0.15) is 18.4 Å². The molecule has 0 aromatic heterocycles. The van der Waals surface area contributed by atoms with E-state index < -0.39 is 11.1 Å². The highest BCUT2D eigenvalue weighted by atomic mass is 32.2. The van der Waals surface area contributed by atoms with Gasteiger partial charge in [-0.15, -0.1) is 0 Å². The number of hydrogen-bond acceptors (Lipinski definition) is 3. The first-order valence-electron chi connectivity index (χ1n) is 7.73. The summed E-state index contributed by atoms with van der Waals surface area (Å²) in [5.74, 6) is 0. The Kier molecular flexibility index (Phi) is 5.03. The van der Waals surface area contributed by atoms with Gasteiger partial charge in [0.05, 0.1) is 0 Å². The van der Waals surface area contributed by atoms with Gasteiger partial charge in [0.1, 0.15) is 0 Å². The van der Waals surface area contributed by atoms with Crippen LogP contribution in [0.2, 0.25) is 0 Å². The summed E-state index contributed by atoms with van der Waals surface area (Å²) >= 11 is -2.16. The van der Waals surface area contributed by atoms with Crippen LogP contribution in [0, 0.1) is 0 Å². The standard InChI is InChI=1S/C18H21NO2S/c20-22(21)18-9-7-17(8-10-18)16-5-3-15(4-6-16)11-14-19-12-1-2-13-19/h3-10H,1-2,11-14H2,(H,20,21)/p-1. The Morgan fingerprint density at radius 1 is 0.909 bits per heavy atom. The average Bonchev–Trinajstić information content (AvgIpc) is 3.07. The smallest absolute Gasteiger partial charge is 0.0249 e. The zero-order chi connectivity index (χ0) is 15.4. The number of hydrogen-bond donors (Lipinski definition) is 0. The van der Waals surface area contributed by atoms with Crippen molar-refractivity contribution in [3.05, 3.63) is 54.1 Å². The molecule has 1 atom stereocenters. The van der Waals surface area contributed by atoms with Crippen LogP contribution < -0.4 is 0 Å². The van der Waals surface area contributed by atoms with Gasteiger partial charge < -0.3 is 9.45 Å². The van der Waals surface area contributed by atoms with Gasteiger partial charge in [-0.3, -0.25) is 4.21 Å². The minimum absolute atomic E-state index is 0.325. The molecular formula is C18H20NO2S-. The van der Waals surface area contributed by atoms with Crippen LogP contribution >= 0.6 is 0 Å². The van der Waals surface area contributed by atoms with Gasteiger partial charge in [0.2, 0.25) is 0 Å². The average molecular weight is 314 g/mol. The molecule has 0 amide bonds. The molecule has 4 heteroatoms. The van der Waals surface area contributed by atoms with Gasteiger partial charge in [0, 0.05) is 11.4 Å². The molecule has 0 aliphatic carbocycles. The first-order chi connectivity index (χ1) is 10.7. The molecule has 22 heavy (non-hydrogen) atoms. The van der Waals surface area contributed by atoms with Gasteiger partial charge in [-0.25, -0.2) is 0 Å². The van der Waals surface area contributed by atoms with Gasteiger partial charge in [0.25, 0.3) is 0 Å². The van der Waals surface area contributed by atoms with Crippen molar-refractivity contribution >= 4 is 11.1 Å². The van der Waals surface area contributed by atoms with E-state index in [9.17, 15) is 8.76 Å². The van der Waals surface area contributed by atoms with Crippen molar-refractivity contribution < 1.29 is 8.76 Å². The van der Waals surface area contributed by atoms with E-state index in [1.54, 1.807) is 12.1 Å². The lowest BCUT2D eigenvalue weighted by atomic mass is 10.0. The van der Waals surface area contributed by atoms with Crippen molar-refractivity contribution in [3.63, 3.8) is 0 Å². The van der Waals surface area contributed by atoms with Crippen molar-refractivity contribution in [2.75, 3.05) is 19.6 Å².